The number of nitrogens with one attached hydrogen (secondary N) is 2. The molecule has 5 rings (SSSR count). The summed E-state index contributed by atoms with van der Waals surface area (Å²) in [6.45, 7) is 5.88. The van der Waals surface area contributed by atoms with E-state index < -0.39 is 26.6 Å². The first-order valence-electron chi connectivity index (χ1n) is 14.1. The number of aromatic nitrogens is 2. The smallest absolute Gasteiger partial charge is 0.290 e. The Bertz CT molecular complexity index is 1630. The minimum absolute atomic E-state index is 0.146. The highest BCUT2D eigenvalue weighted by molar-refractivity contribution is 7.92. The van der Waals surface area contributed by atoms with Crippen molar-refractivity contribution in [3.8, 4) is 17.0 Å². The van der Waals surface area contributed by atoms with Crippen LogP contribution in [-0.2, 0) is 14.8 Å². The van der Waals surface area contributed by atoms with Crippen molar-refractivity contribution in [2.75, 3.05) is 56.4 Å². The topological polar surface area (TPSA) is 137 Å². The fourth-order valence-electron chi connectivity index (χ4n) is 4.57. The summed E-state index contributed by atoms with van der Waals surface area (Å²) in [7, 11) is -2.30. The molecule has 0 radical (unpaired) electrons. The van der Waals surface area contributed by atoms with Crippen molar-refractivity contribution in [3.63, 3.8) is 0 Å². The van der Waals surface area contributed by atoms with Crippen LogP contribution in [0.25, 0.3) is 11.3 Å². The van der Waals surface area contributed by atoms with E-state index in [1.165, 1.54) is 18.5 Å². The fraction of sp³-hybridized carbons (Fsp3) is 0.258. The number of benzene rings is 3. The molecule has 238 valence electrons. The van der Waals surface area contributed by atoms with Gasteiger partial charge in [-0.3, -0.25) is 9.52 Å². The summed E-state index contributed by atoms with van der Waals surface area (Å²) in [6, 6.07) is 18.6. The summed E-state index contributed by atoms with van der Waals surface area (Å²) < 4.78 is 61.1. The van der Waals surface area contributed by atoms with E-state index in [-0.39, 0.29) is 12.2 Å². The first-order valence-corrected chi connectivity index (χ1v) is 15.5. The van der Waals surface area contributed by atoms with Gasteiger partial charge in [0.05, 0.1) is 12.3 Å². The number of nitrogens with zero attached hydrogens (tertiary/aromatic N) is 4. The standard InChI is InChI=1S/C30H32F2N6O3S.CH2O2/c1-37-15-17-38(18-16-37)14-3-19-41-25-12-6-22(7-13-25)28-20-29(34-21-33-28)35-23-8-10-24(11-9-23)36-42(39,40)30-26(31)4-2-5-27(30)32;2-1-3/h2,4-13,20-21,36H,3,14-19H2,1H3,(H,33,34,35);1H,(H,2,3). The Morgan fingerprint density at radius 1 is 0.933 bits per heavy atom. The molecule has 45 heavy (non-hydrogen) atoms. The van der Waals surface area contributed by atoms with E-state index in [0.717, 1.165) is 68.7 Å². The van der Waals surface area contributed by atoms with Gasteiger partial charge in [-0.1, -0.05) is 6.07 Å². The highest BCUT2D eigenvalue weighted by atomic mass is 32.2. The van der Waals surface area contributed by atoms with Gasteiger partial charge in [-0.2, -0.15) is 0 Å². The molecule has 14 heteroatoms. The molecule has 11 nitrogen and oxygen atoms in total. The molecule has 1 aliphatic rings. The predicted molar refractivity (Wildman–Crippen MR) is 167 cm³/mol. The number of carboxylic acid groups (broad SMARTS) is 1. The summed E-state index contributed by atoms with van der Waals surface area (Å²) in [5.74, 6) is -0.998. The maximum atomic E-state index is 14.0. The van der Waals surface area contributed by atoms with Crippen molar-refractivity contribution >= 4 is 33.7 Å². The second-order valence-corrected chi connectivity index (χ2v) is 11.7. The first-order chi connectivity index (χ1) is 21.7. The van der Waals surface area contributed by atoms with Crippen LogP contribution in [0.4, 0.5) is 26.0 Å². The zero-order valence-electron chi connectivity index (χ0n) is 24.6. The van der Waals surface area contributed by atoms with E-state index in [2.05, 4.69) is 36.9 Å². The molecule has 3 aromatic carbocycles. The Morgan fingerprint density at radius 3 is 2.20 bits per heavy atom. The summed E-state index contributed by atoms with van der Waals surface area (Å²) in [4.78, 5) is 20.8. The van der Waals surface area contributed by atoms with E-state index in [9.17, 15) is 17.2 Å². The second-order valence-electron chi connectivity index (χ2n) is 10.1. The van der Waals surface area contributed by atoms with E-state index in [4.69, 9.17) is 14.6 Å². The van der Waals surface area contributed by atoms with E-state index >= 15 is 0 Å². The van der Waals surface area contributed by atoms with Crippen LogP contribution in [0.15, 0.2) is 84.0 Å². The van der Waals surface area contributed by atoms with Crippen LogP contribution < -0.4 is 14.8 Å². The molecule has 1 aliphatic heterocycles. The monoisotopic (exact) mass is 640 g/mol. The van der Waals surface area contributed by atoms with Crippen LogP contribution in [0, 0.1) is 11.6 Å². The highest BCUT2D eigenvalue weighted by Crippen LogP contribution is 2.26. The maximum Gasteiger partial charge on any atom is 0.290 e. The lowest BCUT2D eigenvalue weighted by Gasteiger charge is -2.32. The minimum atomic E-state index is -4.45. The predicted octanol–water partition coefficient (Wildman–Crippen LogP) is 4.68. The molecule has 0 aliphatic carbocycles. The van der Waals surface area contributed by atoms with Crippen molar-refractivity contribution in [1.82, 2.24) is 19.8 Å². The fourth-order valence-corrected chi connectivity index (χ4v) is 5.77. The van der Waals surface area contributed by atoms with Gasteiger partial charge in [-0.05, 0) is 74.1 Å². The second kappa shape index (κ2) is 15.9. The number of ether oxygens (including phenoxy) is 1. The Morgan fingerprint density at radius 2 is 1.56 bits per heavy atom. The van der Waals surface area contributed by atoms with Gasteiger partial charge in [0.15, 0.2) is 4.90 Å². The number of hydrogen-bond donors (Lipinski definition) is 3. The molecule has 4 aromatic rings. The van der Waals surface area contributed by atoms with Crippen molar-refractivity contribution in [2.24, 2.45) is 0 Å². The van der Waals surface area contributed by atoms with Crippen LogP contribution in [0.3, 0.4) is 0 Å². The number of carbonyl (C=O) groups is 1. The summed E-state index contributed by atoms with van der Waals surface area (Å²) in [5.41, 5.74) is 2.38. The summed E-state index contributed by atoms with van der Waals surface area (Å²) in [5, 5.41) is 10.0. The third kappa shape index (κ3) is 9.66. The lowest BCUT2D eigenvalue weighted by atomic mass is 10.1. The molecule has 0 saturated carbocycles. The largest absolute Gasteiger partial charge is 0.494 e. The van der Waals surface area contributed by atoms with Gasteiger partial charge in [-0.25, -0.2) is 27.2 Å². The lowest BCUT2D eigenvalue weighted by Crippen LogP contribution is -2.44. The number of rotatable bonds is 11. The Hall–Kier alpha value is -4.66. The molecule has 0 atom stereocenters. The third-order valence-corrected chi connectivity index (χ3v) is 8.33. The van der Waals surface area contributed by atoms with Gasteiger partial charge in [-0.15, -0.1) is 0 Å². The average molecular weight is 641 g/mol. The van der Waals surface area contributed by atoms with Crippen molar-refractivity contribution in [3.05, 3.63) is 90.8 Å². The zero-order valence-corrected chi connectivity index (χ0v) is 25.4. The quantitative estimate of drug-likeness (QED) is 0.157. The Kier molecular flexibility index (Phi) is 11.7. The van der Waals surface area contributed by atoms with E-state index in [1.54, 1.807) is 18.2 Å². The van der Waals surface area contributed by atoms with E-state index in [1.807, 2.05) is 24.3 Å². The maximum absolute atomic E-state index is 14.0. The van der Waals surface area contributed by atoms with Crippen LogP contribution in [0.1, 0.15) is 6.42 Å². The molecule has 1 aromatic heterocycles. The van der Waals surface area contributed by atoms with Gasteiger partial charge in [0.2, 0.25) is 0 Å². The van der Waals surface area contributed by atoms with Crippen molar-refractivity contribution in [1.29, 1.82) is 0 Å². The number of anilines is 3. The van der Waals surface area contributed by atoms with Gasteiger partial charge < -0.3 is 25.0 Å². The number of sulfonamides is 1. The highest BCUT2D eigenvalue weighted by Gasteiger charge is 2.23. The minimum Gasteiger partial charge on any atom is -0.494 e. The van der Waals surface area contributed by atoms with E-state index in [0.29, 0.717) is 23.8 Å². The van der Waals surface area contributed by atoms with Gasteiger partial charge >= 0.3 is 0 Å². The number of hydrogen-bond acceptors (Lipinski definition) is 9. The summed E-state index contributed by atoms with van der Waals surface area (Å²) >= 11 is 0. The zero-order chi connectivity index (χ0) is 32.2. The molecule has 0 amide bonds. The summed E-state index contributed by atoms with van der Waals surface area (Å²) in [6.07, 6.45) is 2.43. The van der Waals surface area contributed by atoms with Crippen molar-refractivity contribution < 1.29 is 31.8 Å². The molecule has 0 unspecified atom stereocenters. The van der Waals surface area contributed by atoms with Crippen LogP contribution in [0.2, 0.25) is 0 Å². The van der Waals surface area contributed by atoms with Gasteiger partial charge in [0.25, 0.3) is 16.5 Å². The average Bonchev–Trinajstić information content (AvgIpc) is 3.02. The number of halogens is 2. The van der Waals surface area contributed by atoms with Crippen molar-refractivity contribution in [2.45, 2.75) is 11.3 Å². The molecular formula is C31H34F2N6O5S. The van der Waals surface area contributed by atoms with Crippen LogP contribution >= 0.6 is 0 Å². The molecule has 0 bridgehead atoms. The van der Waals surface area contributed by atoms with Crippen LogP contribution in [-0.4, -0.2) is 86.1 Å². The van der Waals surface area contributed by atoms with Gasteiger partial charge in [0, 0.05) is 55.7 Å². The Balaban J connectivity index is 0.00000148. The number of likely N-dealkylation sites (N-methyl/N-ethyl adjacent to an activating group) is 1. The SMILES string of the molecule is CN1CCN(CCCOc2ccc(-c3cc(Nc4ccc(NS(=O)(=O)c5c(F)cccc5F)cc4)ncn3)cc2)CC1.O=CO. The normalized spacial score (nSPS) is 13.8. The van der Waals surface area contributed by atoms with Crippen LogP contribution in [0.5, 0.6) is 5.75 Å². The molecule has 3 N–H and O–H groups in total. The van der Waals surface area contributed by atoms with Gasteiger partial charge in [0.1, 0.15) is 29.5 Å². The Labute approximate surface area is 260 Å². The lowest BCUT2D eigenvalue weighted by molar-refractivity contribution is -0.122. The molecule has 1 fully saturated rings. The number of piperazine rings is 1. The molecule has 0 spiro atoms. The molecule has 1 saturated heterocycles. The molecule has 2 heterocycles. The molecular weight excluding hydrogens is 606 g/mol. The third-order valence-electron chi connectivity index (χ3n) is 6.90. The first kappa shape index (κ1) is 33.2.